The van der Waals surface area contributed by atoms with Crippen LogP contribution in [0.4, 0.5) is 0 Å². The van der Waals surface area contributed by atoms with Crippen LogP contribution in [0.15, 0.2) is 24.8 Å². The molecule has 0 radical (unpaired) electrons. The zero-order valence-corrected chi connectivity index (χ0v) is 7.66. The molecule has 2 N–H and O–H groups in total. The van der Waals surface area contributed by atoms with Crippen LogP contribution < -0.4 is 5.73 Å². The van der Waals surface area contributed by atoms with Gasteiger partial charge in [0.1, 0.15) is 0 Å². The normalized spacial score (nSPS) is 12.9. The summed E-state index contributed by atoms with van der Waals surface area (Å²) in [6.07, 6.45) is 2.62. The maximum absolute atomic E-state index is 5.80. The smallest absolute Gasteiger partial charge is 0.0931 e. The highest BCUT2D eigenvalue weighted by Gasteiger charge is 2.05. The Balaban J connectivity index is 2.67. The van der Waals surface area contributed by atoms with Gasteiger partial charge in [-0.15, -0.1) is 17.9 Å². The van der Waals surface area contributed by atoms with Crippen molar-refractivity contribution in [3.8, 4) is 0 Å². The first-order valence-electron chi connectivity index (χ1n) is 3.35. The molecule has 11 heavy (non-hydrogen) atoms. The minimum atomic E-state index is 0.0602. The van der Waals surface area contributed by atoms with Gasteiger partial charge in [0.25, 0.3) is 0 Å². The Morgan fingerprint density at radius 1 is 1.73 bits per heavy atom. The van der Waals surface area contributed by atoms with Gasteiger partial charge in [-0.2, -0.15) is 0 Å². The number of rotatable bonds is 3. The topological polar surface area (TPSA) is 26.0 Å². The lowest BCUT2D eigenvalue weighted by Crippen LogP contribution is -2.06. The zero-order valence-electron chi connectivity index (χ0n) is 6.09. The van der Waals surface area contributed by atoms with Gasteiger partial charge < -0.3 is 5.73 Å². The highest BCUT2D eigenvalue weighted by atomic mass is 35.5. The van der Waals surface area contributed by atoms with Crippen LogP contribution in [0.3, 0.4) is 0 Å². The zero-order chi connectivity index (χ0) is 8.27. The SMILES string of the molecule is C=CC[C@H](N)c1ccc(Cl)s1. The average Bonchev–Trinajstić information content (AvgIpc) is 2.36. The first kappa shape index (κ1) is 8.78. The molecule has 0 fully saturated rings. The number of thiophene rings is 1. The Morgan fingerprint density at radius 2 is 2.45 bits per heavy atom. The van der Waals surface area contributed by atoms with E-state index in [1.165, 1.54) is 11.3 Å². The molecule has 0 aromatic carbocycles. The van der Waals surface area contributed by atoms with E-state index in [9.17, 15) is 0 Å². The van der Waals surface area contributed by atoms with Crippen LogP contribution in [0.5, 0.6) is 0 Å². The van der Waals surface area contributed by atoms with Crippen molar-refractivity contribution in [3.63, 3.8) is 0 Å². The van der Waals surface area contributed by atoms with Gasteiger partial charge in [-0.25, -0.2) is 0 Å². The van der Waals surface area contributed by atoms with Crippen molar-refractivity contribution in [2.45, 2.75) is 12.5 Å². The van der Waals surface area contributed by atoms with Crippen molar-refractivity contribution in [2.75, 3.05) is 0 Å². The monoisotopic (exact) mass is 187 g/mol. The summed E-state index contributed by atoms with van der Waals surface area (Å²) < 4.78 is 0.791. The summed E-state index contributed by atoms with van der Waals surface area (Å²) >= 11 is 7.27. The molecule has 1 atom stereocenters. The minimum absolute atomic E-state index is 0.0602. The second-order valence-corrected chi connectivity index (χ2v) is 4.02. The molecule has 0 bridgehead atoms. The average molecular weight is 188 g/mol. The molecule has 60 valence electrons. The lowest BCUT2D eigenvalue weighted by atomic mass is 10.2. The summed E-state index contributed by atoms with van der Waals surface area (Å²) in [6, 6.07) is 3.89. The van der Waals surface area contributed by atoms with Crippen LogP contribution in [-0.4, -0.2) is 0 Å². The van der Waals surface area contributed by atoms with E-state index in [1.807, 2.05) is 18.2 Å². The summed E-state index contributed by atoms with van der Waals surface area (Å²) in [5.74, 6) is 0. The Kier molecular flexibility index (Phi) is 3.12. The van der Waals surface area contributed by atoms with E-state index >= 15 is 0 Å². The molecule has 0 saturated heterocycles. The van der Waals surface area contributed by atoms with E-state index in [-0.39, 0.29) is 6.04 Å². The molecule has 0 aliphatic carbocycles. The lowest BCUT2D eigenvalue weighted by molar-refractivity contribution is 0.758. The third kappa shape index (κ3) is 2.33. The largest absolute Gasteiger partial charge is 0.323 e. The molecule has 0 unspecified atom stereocenters. The van der Waals surface area contributed by atoms with Gasteiger partial charge in [-0.1, -0.05) is 17.7 Å². The molecular weight excluding hydrogens is 178 g/mol. The predicted octanol–water partition coefficient (Wildman–Crippen LogP) is 2.98. The van der Waals surface area contributed by atoms with Crippen molar-refractivity contribution in [1.29, 1.82) is 0 Å². The fraction of sp³-hybridized carbons (Fsp3) is 0.250. The quantitative estimate of drug-likeness (QED) is 0.724. The van der Waals surface area contributed by atoms with Crippen LogP contribution in [0.2, 0.25) is 4.34 Å². The van der Waals surface area contributed by atoms with E-state index in [4.69, 9.17) is 17.3 Å². The molecule has 0 aliphatic heterocycles. The van der Waals surface area contributed by atoms with Gasteiger partial charge in [0.2, 0.25) is 0 Å². The van der Waals surface area contributed by atoms with E-state index in [1.54, 1.807) is 0 Å². The summed E-state index contributed by atoms with van der Waals surface area (Å²) in [4.78, 5) is 1.12. The minimum Gasteiger partial charge on any atom is -0.323 e. The standard InChI is InChI=1S/C8H10ClNS/c1-2-3-6(10)7-4-5-8(9)11-7/h2,4-6H,1,3,10H2/t6-/m0/s1. The molecule has 1 rings (SSSR count). The van der Waals surface area contributed by atoms with Gasteiger partial charge >= 0.3 is 0 Å². The van der Waals surface area contributed by atoms with E-state index in [0.29, 0.717) is 0 Å². The lowest BCUT2D eigenvalue weighted by Gasteiger charge is -2.03. The predicted molar refractivity (Wildman–Crippen MR) is 51.1 cm³/mol. The van der Waals surface area contributed by atoms with Crippen molar-refractivity contribution in [2.24, 2.45) is 5.73 Å². The fourth-order valence-corrected chi connectivity index (χ4v) is 1.90. The van der Waals surface area contributed by atoms with E-state index in [0.717, 1.165) is 15.6 Å². The van der Waals surface area contributed by atoms with Crippen LogP contribution in [-0.2, 0) is 0 Å². The fourth-order valence-electron chi connectivity index (χ4n) is 0.823. The first-order valence-corrected chi connectivity index (χ1v) is 4.55. The van der Waals surface area contributed by atoms with Gasteiger partial charge in [0.05, 0.1) is 4.34 Å². The van der Waals surface area contributed by atoms with Gasteiger partial charge in [0.15, 0.2) is 0 Å². The number of hydrogen-bond donors (Lipinski definition) is 1. The third-order valence-corrected chi connectivity index (χ3v) is 2.74. The molecular formula is C8H10ClNS. The summed E-state index contributed by atoms with van der Waals surface area (Å²) in [5.41, 5.74) is 5.80. The molecule has 0 saturated carbocycles. The maximum Gasteiger partial charge on any atom is 0.0931 e. The third-order valence-electron chi connectivity index (χ3n) is 1.38. The molecule has 1 aromatic rings. The van der Waals surface area contributed by atoms with Crippen LogP contribution in [0.1, 0.15) is 17.3 Å². The molecule has 1 nitrogen and oxygen atoms in total. The Morgan fingerprint density at radius 3 is 2.91 bits per heavy atom. The van der Waals surface area contributed by atoms with Gasteiger partial charge in [0, 0.05) is 10.9 Å². The summed E-state index contributed by atoms with van der Waals surface area (Å²) in [5, 5.41) is 0. The van der Waals surface area contributed by atoms with Crippen molar-refractivity contribution in [3.05, 3.63) is 34.0 Å². The highest BCUT2D eigenvalue weighted by molar-refractivity contribution is 7.16. The summed E-state index contributed by atoms with van der Waals surface area (Å²) in [7, 11) is 0. The van der Waals surface area contributed by atoms with Crippen LogP contribution >= 0.6 is 22.9 Å². The Bertz CT molecular complexity index is 244. The number of hydrogen-bond acceptors (Lipinski definition) is 2. The van der Waals surface area contributed by atoms with E-state index in [2.05, 4.69) is 6.58 Å². The van der Waals surface area contributed by atoms with Crippen molar-refractivity contribution in [1.82, 2.24) is 0 Å². The Labute approximate surface area is 75.5 Å². The van der Waals surface area contributed by atoms with Crippen molar-refractivity contribution < 1.29 is 0 Å². The molecule has 3 heteroatoms. The van der Waals surface area contributed by atoms with E-state index < -0.39 is 0 Å². The van der Waals surface area contributed by atoms with Gasteiger partial charge in [-0.3, -0.25) is 0 Å². The number of nitrogens with two attached hydrogens (primary N) is 1. The first-order chi connectivity index (χ1) is 5.24. The molecule has 1 aromatic heterocycles. The highest BCUT2D eigenvalue weighted by Crippen LogP contribution is 2.27. The van der Waals surface area contributed by atoms with Gasteiger partial charge in [-0.05, 0) is 18.6 Å². The second-order valence-electron chi connectivity index (χ2n) is 2.27. The maximum atomic E-state index is 5.80. The molecule has 1 heterocycles. The summed E-state index contributed by atoms with van der Waals surface area (Å²) in [6.45, 7) is 3.62. The van der Waals surface area contributed by atoms with Crippen LogP contribution in [0.25, 0.3) is 0 Å². The van der Waals surface area contributed by atoms with Crippen molar-refractivity contribution >= 4 is 22.9 Å². The van der Waals surface area contributed by atoms with Crippen LogP contribution in [0, 0.1) is 0 Å². The Hall–Kier alpha value is -0.310. The number of halogens is 1. The molecule has 0 spiro atoms. The molecule has 0 amide bonds. The molecule has 0 aliphatic rings. The second kappa shape index (κ2) is 3.90.